The van der Waals surface area contributed by atoms with Crippen LogP contribution in [0.15, 0.2) is 0 Å². The highest BCUT2D eigenvalue weighted by Crippen LogP contribution is 2.07. The summed E-state index contributed by atoms with van der Waals surface area (Å²) in [6.45, 7) is 4.60. The van der Waals surface area contributed by atoms with Crippen LogP contribution in [0.25, 0.3) is 0 Å². The summed E-state index contributed by atoms with van der Waals surface area (Å²) in [5.74, 6) is -0.790. The van der Waals surface area contributed by atoms with E-state index in [1.807, 2.05) is 13.8 Å². The van der Waals surface area contributed by atoms with Gasteiger partial charge in [0.25, 0.3) is 0 Å². The Labute approximate surface area is 83.1 Å². The molecule has 0 aromatic carbocycles. The maximum Gasteiger partial charge on any atom is 0.304 e. The number of nitrogens with zero attached hydrogens (tertiary/aromatic N) is 1. The Morgan fingerprint density at radius 2 is 2.36 bits per heavy atom. The molecule has 2 N–H and O–H groups in total. The van der Waals surface area contributed by atoms with Crippen LogP contribution in [0.5, 0.6) is 0 Å². The third kappa shape index (κ3) is 2.70. The van der Waals surface area contributed by atoms with Crippen molar-refractivity contribution in [3.05, 3.63) is 0 Å². The summed E-state index contributed by atoms with van der Waals surface area (Å²) in [4.78, 5) is 23.6. The quantitative estimate of drug-likeness (QED) is 0.654. The van der Waals surface area contributed by atoms with Crippen LogP contribution in [0.2, 0.25) is 0 Å². The summed E-state index contributed by atoms with van der Waals surface area (Å²) in [5, 5.41) is 11.5. The van der Waals surface area contributed by atoms with Gasteiger partial charge in [-0.2, -0.15) is 0 Å². The van der Waals surface area contributed by atoms with E-state index in [0.717, 1.165) is 0 Å². The molecule has 0 bridgehead atoms. The van der Waals surface area contributed by atoms with Gasteiger partial charge in [-0.25, -0.2) is 0 Å². The van der Waals surface area contributed by atoms with Gasteiger partial charge in [-0.05, 0) is 13.8 Å². The largest absolute Gasteiger partial charge is 0.481 e. The van der Waals surface area contributed by atoms with Crippen LogP contribution >= 0.6 is 0 Å². The number of nitrogens with one attached hydrogen (secondary N) is 1. The van der Waals surface area contributed by atoms with E-state index >= 15 is 0 Å². The second-order valence-electron chi connectivity index (χ2n) is 3.82. The number of carbonyl (C=O) groups excluding carboxylic acids is 1. The lowest BCUT2D eigenvalue weighted by atomic mass is 10.1. The average Bonchev–Trinajstić information content (AvgIpc) is 2.07. The van der Waals surface area contributed by atoms with Crippen LogP contribution in [0.1, 0.15) is 20.3 Å². The molecular formula is C9H16N2O3. The first-order chi connectivity index (χ1) is 6.50. The molecule has 80 valence electrons. The van der Waals surface area contributed by atoms with E-state index in [9.17, 15) is 9.59 Å². The van der Waals surface area contributed by atoms with Crippen LogP contribution in [-0.4, -0.2) is 47.1 Å². The van der Waals surface area contributed by atoms with Crippen LogP contribution in [0.3, 0.4) is 0 Å². The predicted octanol–water partition coefficient (Wildman–Crippen LogP) is -0.330. The summed E-state index contributed by atoms with van der Waals surface area (Å²) in [6, 6.07) is 0.0218. The van der Waals surface area contributed by atoms with Crippen molar-refractivity contribution in [2.45, 2.75) is 32.4 Å². The lowest BCUT2D eigenvalue weighted by molar-refractivity contribution is -0.141. The minimum atomic E-state index is -0.833. The minimum absolute atomic E-state index is 0.0432. The molecule has 1 atom stereocenters. The summed E-state index contributed by atoms with van der Waals surface area (Å²) >= 11 is 0. The van der Waals surface area contributed by atoms with Gasteiger partial charge >= 0.3 is 5.97 Å². The fraction of sp³-hybridized carbons (Fsp3) is 0.778. The molecule has 0 spiro atoms. The van der Waals surface area contributed by atoms with Crippen molar-refractivity contribution < 1.29 is 14.7 Å². The molecule has 1 aliphatic rings. The molecule has 1 fully saturated rings. The molecule has 1 heterocycles. The van der Waals surface area contributed by atoms with Crippen molar-refractivity contribution in [3.63, 3.8) is 0 Å². The van der Waals surface area contributed by atoms with Gasteiger partial charge in [0.2, 0.25) is 5.91 Å². The highest BCUT2D eigenvalue weighted by atomic mass is 16.4. The molecule has 1 aliphatic heterocycles. The number of carboxylic acids is 1. The Bertz CT molecular complexity index is 240. The summed E-state index contributed by atoms with van der Waals surface area (Å²) in [7, 11) is 0. The molecule has 5 nitrogen and oxygen atoms in total. The standard InChI is InChI=1S/C9H16N2O3/c1-6(2)11-5-7(3-9(13)14)10-4-8(11)12/h6-7,10H,3-5H2,1-2H3,(H,13,14). The highest BCUT2D eigenvalue weighted by molar-refractivity contribution is 5.79. The SMILES string of the molecule is CC(C)N1CC(CC(=O)O)NCC1=O. The zero-order valence-electron chi connectivity index (χ0n) is 8.49. The van der Waals surface area contributed by atoms with E-state index in [2.05, 4.69) is 5.32 Å². The number of piperazine rings is 1. The molecule has 0 aromatic heterocycles. The van der Waals surface area contributed by atoms with Gasteiger partial charge in [-0.1, -0.05) is 0 Å². The zero-order chi connectivity index (χ0) is 10.7. The molecular weight excluding hydrogens is 184 g/mol. The Kier molecular flexibility index (Phi) is 3.46. The number of carbonyl (C=O) groups is 2. The van der Waals surface area contributed by atoms with E-state index in [1.165, 1.54) is 0 Å². The third-order valence-electron chi connectivity index (χ3n) is 2.32. The Hall–Kier alpha value is -1.10. The van der Waals surface area contributed by atoms with Crippen LogP contribution in [0, 0.1) is 0 Å². The average molecular weight is 200 g/mol. The minimum Gasteiger partial charge on any atom is -0.481 e. The zero-order valence-corrected chi connectivity index (χ0v) is 8.49. The van der Waals surface area contributed by atoms with Gasteiger partial charge in [-0.15, -0.1) is 0 Å². The highest BCUT2D eigenvalue weighted by Gasteiger charge is 2.27. The van der Waals surface area contributed by atoms with Crippen molar-refractivity contribution in [1.82, 2.24) is 10.2 Å². The summed E-state index contributed by atoms with van der Waals surface area (Å²) in [5.41, 5.74) is 0. The Balaban J connectivity index is 2.53. The van der Waals surface area contributed by atoms with Crippen LogP contribution in [-0.2, 0) is 9.59 Å². The van der Waals surface area contributed by atoms with Crippen molar-refractivity contribution >= 4 is 11.9 Å². The first-order valence-electron chi connectivity index (χ1n) is 4.75. The van der Waals surface area contributed by atoms with E-state index in [1.54, 1.807) is 4.90 Å². The van der Waals surface area contributed by atoms with Crippen LogP contribution in [0.4, 0.5) is 0 Å². The fourth-order valence-corrected chi connectivity index (χ4v) is 1.58. The number of amides is 1. The van der Waals surface area contributed by atoms with Crippen molar-refractivity contribution in [3.8, 4) is 0 Å². The van der Waals surface area contributed by atoms with E-state index in [4.69, 9.17) is 5.11 Å². The molecule has 1 amide bonds. The second-order valence-corrected chi connectivity index (χ2v) is 3.82. The molecule has 1 saturated heterocycles. The number of carboxylic acid groups (broad SMARTS) is 1. The Morgan fingerprint density at radius 3 is 2.86 bits per heavy atom. The number of hydrogen-bond donors (Lipinski definition) is 2. The maximum atomic E-state index is 11.4. The molecule has 0 radical (unpaired) electrons. The van der Waals surface area contributed by atoms with Crippen molar-refractivity contribution in [1.29, 1.82) is 0 Å². The van der Waals surface area contributed by atoms with E-state index < -0.39 is 5.97 Å². The van der Waals surface area contributed by atoms with Gasteiger partial charge in [0.15, 0.2) is 0 Å². The summed E-state index contributed by atoms with van der Waals surface area (Å²) in [6.07, 6.45) is 0.0660. The lowest BCUT2D eigenvalue weighted by Crippen LogP contribution is -2.56. The number of rotatable bonds is 3. The molecule has 5 heteroatoms. The van der Waals surface area contributed by atoms with Gasteiger partial charge in [0.1, 0.15) is 0 Å². The molecule has 0 aromatic rings. The molecule has 1 unspecified atom stereocenters. The molecule has 14 heavy (non-hydrogen) atoms. The number of hydrogen-bond acceptors (Lipinski definition) is 3. The topological polar surface area (TPSA) is 69.6 Å². The number of aliphatic carboxylic acids is 1. The van der Waals surface area contributed by atoms with Gasteiger partial charge in [0, 0.05) is 18.6 Å². The van der Waals surface area contributed by atoms with E-state index in [-0.39, 0.29) is 31.0 Å². The lowest BCUT2D eigenvalue weighted by Gasteiger charge is -2.35. The van der Waals surface area contributed by atoms with Crippen LogP contribution < -0.4 is 5.32 Å². The van der Waals surface area contributed by atoms with Gasteiger partial charge in [-0.3, -0.25) is 9.59 Å². The molecule has 0 saturated carbocycles. The first kappa shape index (κ1) is 11.0. The van der Waals surface area contributed by atoms with Gasteiger partial charge < -0.3 is 15.3 Å². The maximum absolute atomic E-state index is 11.4. The second kappa shape index (κ2) is 4.41. The van der Waals surface area contributed by atoms with Crippen molar-refractivity contribution in [2.75, 3.05) is 13.1 Å². The molecule has 1 rings (SSSR count). The first-order valence-corrected chi connectivity index (χ1v) is 4.75. The fourth-order valence-electron chi connectivity index (χ4n) is 1.58. The Morgan fingerprint density at radius 1 is 1.71 bits per heavy atom. The molecule has 0 aliphatic carbocycles. The van der Waals surface area contributed by atoms with E-state index in [0.29, 0.717) is 6.54 Å². The van der Waals surface area contributed by atoms with Gasteiger partial charge in [0.05, 0.1) is 13.0 Å². The van der Waals surface area contributed by atoms with Crippen molar-refractivity contribution in [2.24, 2.45) is 0 Å². The monoisotopic (exact) mass is 200 g/mol. The summed E-state index contributed by atoms with van der Waals surface area (Å²) < 4.78 is 0. The third-order valence-corrected chi connectivity index (χ3v) is 2.32. The predicted molar refractivity (Wildman–Crippen MR) is 50.9 cm³/mol. The smallest absolute Gasteiger partial charge is 0.304 e. The normalized spacial score (nSPS) is 22.9.